The Kier molecular flexibility index (Phi) is 4.22. The Bertz CT molecular complexity index is 462. The summed E-state index contributed by atoms with van der Waals surface area (Å²) in [6.45, 7) is 1.26. The molecule has 2 rings (SSSR count). The van der Waals surface area contributed by atoms with Crippen LogP contribution in [0.1, 0.15) is 0 Å². The summed E-state index contributed by atoms with van der Waals surface area (Å²) in [7, 11) is 0. The van der Waals surface area contributed by atoms with Gasteiger partial charge in [-0.25, -0.2) is 0 Å². The molecular weight excluding hydrogens is 236 g/mol. The Morgan fingerprint density at radius 3 is 2.82 bits per heavy atom. The molecule has 0 spiro atoms. The Morgan fingerprint density at radius 2 is 2.06 bits per heavy atom. The fourth-order valence-corrected chi connectivity index (χ4v) is 1.59. The van der Waals surface area contributed by atoms with E-state index in [1.165, 1.54) is 0 Å². The molecule has 17 heavy (non-hydrogen) atoms. The number of anilines is 1. The van der Waals surface area contributed by atoms with Gasteiger partial charge in [0.2, 0.25) is 0 Å². The predicted molar refractivity (Wildman–Crippen MR) is 69.7 cm³/mol. The van der Waals surface area contributed by atoms with E-state index in [4.69, 9.17) is 16.3 Å². The van der Waals surface area contributed by atoms with E-state index in [1.807, 2.05) is 36.4 Å². The van der Waals surface area contributed by atoms with Gasteiger partial charge in [-0.15, -0.1) is 0 Å². The summed E-state index contributed by atoms with van der Waals surface area (Å²) in [4.78, 5) is 3.97. The highest BCUT2D eigenvalue weighted by Crippen LogP contribution is 2.19. The average molecular weight is 249 g/mol. The molecule has 0 atom stereocenters. The van der Waals surface area contributed by atoms with Gasteiger partial charge in [-0.2, -0.15) is 0 Å². The minimum Gasteiger partial charge on any atom is -0.490 e. The lowest BCUT2D eigenvalue weighted by molar-refractivity contribution is 0.331. The van der Waals surface area contributed by atoms with Crippen LogP contribution in [0.3, 0.4) is 0 Å². The molecule has 0 fully saturated rings. The number of rotatable bonds is 5. The first-order chi connectivity index (χ1) is 8.36. The van der Waals surface area contributed by atoms with Gasteiger partial charge in [-0.3, -0.25) is 4.98 Å². The highest BCUT2D eigenvalue weighted by atomic mass is 35.5. The van der Waals surface area contributed by atoms with Crippen molar-refractivity contribution in [3.8, 4) is 5.75 Å². The molecule has 0 saturated heterocycles. The second-order valence-electron chi connectivity index (χ2n) is 3.44. The van der Waals surface area contributed by atoms with E-state index < -0.39 is 0 Å². The fourth-order valence-electron chi connectivity index (χ4n) is 1.39. The van der Waals surface area contributed by atoms with Gasteiger partial charge in [0.25, 0.3) is 0 Å². The minimum atomic E-state index is 0.566. The number of hydrogen-bond acceptors (Lipinski definition) is 3. The van der Waals surface area contributed by atoms with E-state index in [0.717, 1.165) is 11.4 Å². The first-order valence-electron chi connectivity index (χ1n) is 5.37. The van der Waals surface area contributed by atoms with Crippen molar-refractivity contribution in [3.63, 3.8) is 0 Å². The third-order valence-electron chi connectivity index (χ3n) is 2.19. The smallest absolute Gasteiger partial charge is 0.137 e. The first kappa shape index (κ1) is 11.7. The molecule has 0 amide bonds. The molecule has 0 saturated carbocycles. The SMILES string of the molecule is Clc1ccccc1NCCOc1cccnc1. The number of halogens is 1. The second-order valence-corrected chi connectivity index (χ2v) is 3.85. The van der Waals surface area contributed by atoms with Crippen molar-refractivity contribution in [1.82, 2.24) is 4.98 Å². The van der Waals surface area contributed by atoms with Gasteiger partial charge in [-0.05, 0) is 24.3 Å². The van der Waals surface area contributed by atoms with Crippen molar-refractivity contribution in [2.24, 2.45) is 0 Å². The van der Waals surface area contributed by atoms with Crippen molar-refractivity contribution in [1.29, 1.82) is 0 Å². The zero-order valence-electron chi connectivity index (χ0n) is 9.27. The van der Waals surface area contributed by atoms with E-state index >= 15 is 0 Å². The molecule has 1 heterocycles. The van der Waals surface area contributed by atoms with Crippen LogP contribution < -0.4 is 10.1 Å². The van der Waals surface area contributed by atoms with Gasteiger partial charge in [0, 0.05) is 12.7 Å². The van der Waals surface area contributed by atoms with E-state index in [9.17, 15) is 0 Å². The predicted octanol–water partition coefficient (Wildman–Crippen LogP) is 3.23. The molecule has 0 aliphatic heterocycles. The van der Waals surface area contributed by atoms with Crippen LogP contribution in [-0.2, 0) is 0 Å². The van der Waals surface area contributed by atoms with Crippen molar-refractivity contribution in [2.75, 3.05) is 18.5 Å². The monoisotopic (exact) mass is 248 g/mol. The molecule has 2 aromatic rings. The molecule has 0 radical (unpaired) electrons. The van der Waals surface area contributed by atoms with Crippen molar-refractivity contribution in [3.05, 3.63) is 53.8 Å². The normalized spacial score (nSPS) is 9.94. The van der Waals surface area contributed by atoms with Crippen LogP contribution in [0.25, 0.3) is 0 Å². The second kappa shape index (κ2) is 6.11. The molecule has 1 aromatic carbocycles. The number of nitrogens with one attached hydrogen (secondary N) is 1. The summed E-state index contributed by atoms with van der Waals surface area (Å²) < 4.78 is 5.50. The van der Waals surface area contributed by atoms with Gasteiger partial charge >= 0.3 is 0 Å². The van der Waals surface area contributed by atoms with Gasteiger partial charge in [0.05, 0.1) is 16.9 Å². The van der Waals surface area contributed by atoms with Crippen LogP contribution in [0.5, 0.6) is 5.75 Å². The molecular formula is C13H13ClN2O. The Labute approximate surface area is 105 Å². The lowest BCUT2D eigenvalue weighted by atomic mass is 10.3. The molecule has 0 unspecified atom stereocenters. The highest BCUT2D eigenvalue weighted by molar-refractivity contribution is 6.33. The molecule has 3 nitrogen and oxygen atoms in total. The Morgan fingerprint density at radius 1 is 1.18 bits per heavy atom. The summed E-state index contributed by atoms with van der Waals surface area (Å²) in [5.74, 6) is 0.772. The molecule has 0 bridgehead atoms. The number of ether oxygens (including phenoxy) is 1. The van der Waals surface area contributed by atoms with Gasteiger partial charge in [0.1, 0.15) is 12.4 Å². The molecule has 1 N–H and O–H groups in total. The number of benzene rings is 1. The maximum Gasteiger partial charge on any atom is 0.137 e. The van der Waals surface area contributed by atoms with Crippen LogP contribution in [0.15, 0.2) is 48.8 Å². The largest absolute Gasteiger partial charge is 0.490 e. The molecule has 4 heteroatoms. The molecule has 1 aromatic heterocycles. The third kappa shape index (κ3) is 3.64. The van der Waals surface area contributed by atoms with E-state index in [2.05, 4.69) is 10.3 Å². The van der Waals surface area contributed by atoms with Crippen LogP contribution in [0, 0.1) is 0 Å². The quantitative estimate of drug-likeness (QED) is 0.825. The lowest BCUT2D eigenvalue weighted by Gasteiger charge is -2.09. The zero-order valence-corrected chi connectivity index (χ0v) is 10.0. The summed E-state index contributed by atoms with van der Waals surface area (Å²) in [6.07, 6.45) is 3.41. The Balaban J connectivity index is 1.76. The van der Waals surface area contributed by atoms with Crippen LogP contribution >= 0.6 is 11.6 Å². The first-order valence-corrected chi connectivity index (χ1v) is 5.75. The van der Waals surface area contributed by atoms with E-state index in [1.54, 1.807) is 12.4 Å². The summed E-state index contributed by atoms with van der Waals surface area (Å²) in [5, 5.41) is 3.92. The van der Waals surface area contributed by atoms with E-state index in [0.29, 0.717) is 18.2 Å². The third-order valence-corrected chi connectivity index (χ3v) is 2.52. The average Bonchev–Trinajstić information content (AvgIpc) is 2.38. The van der Waals surface area contributed by atoms with Gasteiger partial charge in [0.15, 0.2) is 0 Å². The topological polar surface area (TPSA) is 34.1 Å². The van der Waals surface area contributed by atoms with Crippen molar-refractivity contribution >= 4 is 17.3 Å². The van der Waals surface area contributed by atoms with Crippen LogP contribution in [-0.4, -0.2) is 18.1 Å². The van der Waals surface area contributed by atoms with Crippen LogP contribution in [0.4, 0.5) is 5.69 Å². The standard InChI is InChI=1S/C13H13ClN2O/c14-12-5-1-2-6-13(12)16-8-9-17-11-4-3-7-15-10-11/h1-7,10,16H,8-9H2. The number of para-hydroxylation sites is 1. The summed E-state index contributed by atoms with van der Waals surface area (Å²) in [6, 6.07) is 11.4. The van der Waals surface area contributed by atoms with Crippen molar-refractivity contribution in [2.45, 2.75) is 0 Å². The number of nitrogens with zero attached hydrogens (tertiary/aromatic N) is 1. The molecule has 0 aliphatic carbocycles. The van der Waals surface area contributed by atoms with E-state index in [-0.39, 0.29) is 0 Å². The number of pyridine rings is 1. The zero-order chi connectivity index (χ0) is 11.9. The molecule has 88 valence electrons. The number of aromatic nitrogens is 1. The summed E-state index contributed by atoms with van der Waals surface area (Å²) >= 11 is 6.01. The molecule has 0 aliphatic rings. The fraction of sp³-hybridized carbons (Fsp3) is 0.154. The Hall–Kier alpha value is -1.74. The van der Waals surface area contributed by atoms with Crippen LogP contribution in [0.2, 0.25) is 5.02 Å². The maximum absolute atomic E-state index is 6.01. The lowest BCUT2D eigenvalue weighted by Crippen LogP contribution is -2.11. The highest BCUT2D eigenvalue weighted by Gasteiger charge is 1.97. The summed E-state index contributed by atoms with van der Waals surface area (Å²) in [5.41, 5.74) is 0.920. The van der Waals surface area contributed by atoms with Gasteiger partial charge < -0.3 is 10.1 Å². The maximum atomic E-state index is 6.01. The van der Waals surface area contributed by atoms with Crippen molar-refractivity contribution < 1.29 is 4.74 Å². The minimum absolute atomic E-state index is 0.566. The number of hydrogen-bond donors (Lipinski definition) is 1. The van der Waals surface area contributed by atoms with Gasteiger partial charge in [-0.1, -0.05) is 23.7 Å².